The van der Waals surface area contributed by atoms with Crippen LogP contribution in [0, 0.1) is 34.9 Å². The summed E-state index contributed by atoms with van der Waals surface area (Å²) in [7, 11) is 0. The average Bonchev–Trinajstić information content (AvgIpc) is 3.37. The molecular formula is C34H44FN3O2. The standard InChI is InChI=1S/C34H44FN3O2/c35-31-15-7-14-28(20-31)32-24-38(33(34(39)40)27-10-2-1-3-11-27)23-30(32)22-37-18-16-25(17-19-37)8-6-13-26-9-4-5-12-29(26)21-36/h4-5,7,9,12,14-15,20,25,27,30,32-33H,1-3,6,8,10-11,13,16-19,22-24H2,(H,39,40). The molecule has 40 heavy (non-hydrogen) atoms. The minimum Gasteiger partial charge on any atom is -0.480 e. The molecule has 3 unspecified atom stereocenters. The Morgan fingerprint density at radius 1 is 1.02 bits per heavy atom. The van der Waals surface area contributed by atoms with Crippen LogP contribution in [-0.2, 0) is 11.2 Å². The molecule has 6 heteroatoms. The summed E-state index contributed by atoms with van der Waals surface area (Å²) in [4.78, 5) is 17.3. The van der Waals surface area contributed by atoms with Gasteiger partial charge < -0.3 is 10.0 Å². The third-order valence-electron chi connectivity index (χ3n) is 9.89. The maximum absolute atomic E-state index is 14.2. The van der Waals surface area contributed by atoms with Crippen LogP contribution in [0.15, 0.2) is 48.5 Å². The number of hydrogen-bond acceptors (Lipinski definition) is 4. The van der Waals surface area contributed by atoms with E-state index in [1.807, 2.05) is 24.3 Å². The van der Waals surface area contributed by atoms with Gasteiger partial charge in [0.25, 0.3) is 0 Å². The SMILES string of the molecule is N#Cc1ccccc1CCCC1CCN(CC2CN(C(C(=O)O)C3CCCCC3)CC2c2cccc(F)c2)CC1. The number of carboxylic acids is 1. The van der Waals surface area contributed by atoms with Crippen molar-refractivity contribution in [3.8, 4) is 6.07 Å². The largest absolute Gasteiger partial charge is 0.480 e. The van der Waals surface area contributed by atoms with Gasteiger partial charge in [-0.2, -0.15) is 5.26 Å². The van der Waals surface area contributed by atoms with E-state index in [0.717, 1.165) is 81.4 Å². The number of nitrogens with zero attached hydrogens (tertiary/aromatic N) is 3. The number of nitriles is 1. The van der Waals surface area contributed by atoms with Gasteiger partial charge in [0.2, 0.25) is 0 Å². The van der Waals surface area contributed by atoms with E-state index in [4.69, 9.17) is 0 Å². The fourth-order valence-corrected chi connectivity index (χ4v) is 7.76. The number of rotatable bonds is 10. The number of aliphatic carboxylic acids is 1. The number of benzene rings is 2. The molecule has 3 atom stereocenters. The lowest BCUT2D eigenvalue weighted by Crippen LogP contribution is -2.46. The predicted octanol–water partition coefficient (Wildman–Crippen LogP) is 6.48. The predicted molar refractivity (Wildman–Crippen MR) is 155 cm³/mol. The maximum Gasteiger partial charge on any atom is 0.321 e. The lowest BCUT2D eigenvalue weighted by Gasteiger charge is -2.35. The molecule has 5 nitrogen and oxygen atoms in total. The summed E-state index contributed by atoms with van der Waals surface area (Å²) < 4.78 is 14.2. The van der Waals surface area contributed by atoms with Gasteiger partial charge in [0.1, 0.15) is 11.9 Å². The first kappa shape index (κ1) is 28.8. The van der Waals surface area contributed by atoms with Gasteiger partial charge in [-0.15, -0.1) is 0 Å². The normalized spacial score (nSPS) is 24.1. The first-order valence-electron chi connectivity index (χ1n) is 15.4. The van der Waals surface area contributed by atoms with Crippen molar-refractivity contribution in [1.29, 1.82) is 5.26 Å². The molecule has 2 aromatic rings. The fraction of sp³-hybridized carbons (Fsp3) is 0.588. The zero-order valence-corrected chi connectivity index (χ0v) is 23.7. The van der Waals surface area contributed by atoms with Crippen LogP contribution < -0.4 is 0 Å². The Balaban J connectivity index is 1.19. The molecule has 3 fully saturated rings. The van der Waals surface area contributed by atoms with Crippen LogP contribution in [-0.4, -0.2) is 59.6 Å². The summed E-state index contributed by atoms with van der Waals surface area (Å²) in [6, 6.07) is 16.8. The van der Waals surface area contributed by atoms with Crippen molar-refractivity contribution >= 4 is 5.97 Å². The lowest BCUT2D eigenvalue weighted by atomic mass is 9.83. The summed E-state index contributed by atoms with van der Waals surface area (Å²) in [5.74, 6) is 0.477. The molecule has 3 aliphatic rings. The highest BCUT2D eigenvalue weighted by molar-refractivity contribution is 5.74. The second-order valence-electron chi connectivity index (χ2n) is 12.5. The van der Waals surface area contributed by atoms with Crippen molar-refractivity contribution < 1.29 is 14.3 Å². The van der Waals surface area contributed by atoms with Crippen LogP contribution in [0.4, 0.5) is 4.39 Å². The monoisotopic (exact) mass is 545 g/mol. The zero-order chi connectivity index (χ0) is 27.9. The molecule has 2 aliphatic heterocycles. The Morgan fingerprint density at radius 3 is 2.52 bits per heavy atom. The summed E-state index contributed by atoms with van der Waals surface area (Å²) in [5.41, 5.74) is 2.96. The van der Waals surface area contributed by atoms with Gasteiger partial charge in [-0.3, -0.25) is 9.69 Å². The molecule has 2 aromatic carbocycles. The fourth-order valence-electron chi connectivity index (χ4n) is 7.76. The van der Waals surface area contributed by atoms with Gasteiger partial charge >= 0.3 is 5.97 Å². The third kappa shape index (κ3) is 7.11. The van der Waals surface area contributed by atoms with Gasteiger partial charge in [0.15, 0.2) is 0 Å². The highest BCUT2D eigenvalue weighted by Gasteiger charge is 2.43. The summed E-state index contributed by atoms with van der Waals surface area (Å²) in [6.07, 6.45) is 11.1. The van der Waals surface area contributed by atoms with E-state index < -0.39 is 12.0 Å². The van der Waals surface area contributed by atoms with Crippen molar-refractivity contribution in [2.75, 3.05) is 32.7 Å². The van der Waals surface area contributed by atoms with Crippen LogP contribution >= 0.6 is 0 Å². The van der Waals surface area contributed by atoms with Gasteiger partial charge in [0, 0.05) is 25.6 Å². The highest BCUT2D eigenvalue weighted by Crippen LogP contribution is 2.39. The van der Waals surface area contributed by atoms with Crippen LogP contribution in [0.1, 0.15) is 80.4 Å². The van der Waals surface area contributed by atoms with E-state index in [-0.39, 0.29) is 17.7 Å². The molecule has 1 N–H and O–H groups in total. The van der Waals surface area contributed by atoms with E-state index in [1.54, 1.807) is 12.1 Å². The molecule has 5 rings (SSSR count). The van der Waals surface area contributed by atoms with Crippen LogP contribution in [0.3, 0.4) is 0 Å². The smallest absolute Gasteiger partial charge is 0.321 e. The molecule has 0 aromatic heterocycles. The van der Waals surface area contributed by atoms with Crippen molar-refractivity contribution in [3.05, 3.63) is 71.0 Å². The number of carboxylic acid groups (broad SMARTS) is 1. The first-order valence-corrected chi connectivity index (χ1v) is 15.4. The van der Waals surface area contributed by atoms with E-state index >= 15 is 0 Å². The topological polar surface area (TPSA) is 67.6 Å². The van der Waals surface area contributed by atoms with Crippen molar-refractivity contribution in [2.45, 2.75) is 76.2 Å². The van der Waals surface area contributed by atoms with Crippen LogP contribution in [0.5, 0.6) is 0 Å². The quantitative estimate of drug-likeness (QED) is 0.370. The van der Waals surface area contributed by atoms with Gasteiger partial charge in [-0.05, 0) is 98.7 Å². The van der Waals surface area contributed by atoms with Gasteiger partial charge in [0.05, 0.1) is 11.6 Å². The molecule has 1 aliphatic carbocycles. The van der Waals surface area contributed by atoms with E-state index in [0.29, 0.717) is 18.4 Å². The van der Waals surface area contributed by atoms with E-state index in [2.05, 4.69) is 21.9 Å². The van der Waals surface area contributed by atoms with Gasteiger partial charge in [-0.25, -0.2) is 4.39 Å². The Morgan fingerprint density at radius 2 is 1.80 bits per heavy atom. The number of likely N-dealkylation sites (tertiary alicyclic amines) is 2. The zero-order valence-electron chi connectivity index (χ0n) is 23.7. The number of carbonyl (C=O) groups is 1. The minimum absolute atomic E-state index is 0.152. The molecule has 2 heterocycles. The molecular weight excluding hydrogens is 501 g/mol. The van der Waals surface area contributed by atoms with Crippen LogP contribution in [0.25, 0.3) is 0 Å². The van der Waals surface area contributed by atoms with Crippen molar-refractivity contribution in [2.24, 2.45) is 17.8 Å². The number of piperidine rings is 1. The van der Waals surface area contributed by atoms with E-state index in [9.17, 15) is 19.6 Å². The second-order valence-corrected chi connectivity index (χ2v) is 12.5. The molecule has 0 radical (unpaired) electrons. The van der Waals surface area contributed by atoms with Crippen molar-refractivity contribution in [1.82, 2.24) is 9.80 Å². The van der Waals surface area contributed by atoms with Crippen molar-refractivity contribution in [3.63, 3.8) is 0 Å². The summed E-state index contributed by atoms with van der Waals surface area (Å²) in [5, 5.41) is 19.6. The highest BCUT2D eigenvalue weighted by atomic mass is 19.1. The van der Waals surface area contributed by atoms with E-state index in [1.165, 1.54) is 31.7 Å². The average molecular weight is 546 g/mol. The third-order valence-corrected chi connectivity index (χ3v) is 9.89. The number of halogens is 1. The minimum atomic E-state index is -0.691. The van der Waals surface area contributed by atoms with Gasteiger partial charge in [-0.1, -0.05) is 56.0 Å². The Bertz CT molecular complexity index is 1170. The summed E-state index contributed by atoms with van der Waals surface area (Å²) in [6.45, 7) is 4.54. The molecule has 0 amide bonds. The molecule has 1 saturated carbocycles. The Hall–Kier alpha value is -2.75. The number of aryl methyl sites for hydroxylation is 1. The number of hydrogen-bond donors (Lipinski definition) is 1. The maximum atomic E-state index is 14.2. The second kappa shape index (κ2) is 13.7. The van der Waals surface area contributed by atoms with Crippen LogP contribution in [0.2, 0.25) is 0 Å². The molecule has 2 saturated heterocycles. The Kier molecular flexibility index (Phi) is 9.88. The molecule has 214 valence electrons. The first-order chi connectivity index (χ1) is 19.5. The molecule has 0 spiro atoms. The summed E-state index contributed by atoms with van der Waals surface area (Å²) >= 11 is 0. The molecule has 0 bridgehead atoms. The lowest BCUT2D eigenvalue weighted by molar-refractivity contribution is -0.145. The Labute approximate surface area is 239 Å².